The van der Waals surface area contributed by atoms with Crippen LogP contribution in [0.25, 0.3) is 0 Å². The number of halogens is 1. The molecule has 0 N–H and O–H groups in total. The molecule has 0 aliphatic carbocycles. The number of aromatic nitrogens is 2. The molecule has 1 heterocycles. The Hall–Kier alpha value is -2.17. The number of hydrogen-bond acceptors (Lipinski definition) is 4. The van der Waals surface area contributed by atoms with Gasteiger partial charge in [0.05, 0.1) is 19.0 Å². The lowest BCUT2D eigenvalue weighted by Gasteiger charge is -2.18. The van der Waals surface area contributed by atoms with Crippen LogP contribution in [-0.2, 0) is 6.54 Å². The first-order valence-electron chi connectivity index (χ1n) is 6.51. The van der Waals surface area contributed by atoms with Crippen LogP contribution in [0.1, 0.15) is 18.1 Å². The van der Waals surface area contributed by atoms with Crippen molar-refractivity contribution in [2.45, 2.75) is 20.4 Å². The largest absolute Gasteiger partial charge is 0.477 e. The molecule has 5 heteroatoms. The normalized spacial score (nSPS) is 10.4. The number of benzene rings is 1. The van der Waals surface area contributed by atoms with E-state index in [1.165, 1.54) is 0 Å². The fourth-order valence-electron chi connectivity index (χ4n) is 1.83. The van der Waals surface area contributed by atoms with Crippen LogP contribution in [0.5, 0.6) is 5.88 Å². The zero-order valence-corrected chi connectivity index (χ0v) is 11.9. The maximum Gasteiger partial charge on any atom is 0.234 e. The second-order valence-electron chi connectivity index (χ2n) is 4.59. The first kappa shape index (κ1) is 14.2. The zero-order valence-electron chi connectivity index (χ0n) is 11.9. The molecule has 0 aliphatic heterocycles. The molecule has 0 spiro atoms. The Bertz CT molecular complexity index is 589. The van der Waals surface area contributed by atoms with Gasteiger partial charge in [0.15, 0.2) is 5.82 Å². The van der Waals surface area contributed by atoms with Gasteiger partial charge in [0, 0.05) is 13.6 Å². The Kier molecular flexibility index (Phi) is 4.50. The first-order valence-corrected chi connectivity index (χ1v) is 6.51. The summed E-state index contributed by atoms with van der Waals surface area (Å²) in [5, 5.41) is 0. The summed E-state index contributed by atoms with van der Waals surface area (Å²) in [6.45, 7) is 4.75. The summed E-state index contributed by atoms with van der Waals surface area (Å²) in [5.74, 6) is 0.994. The van der Waals surface area contributed by atoms with E-state index in [4.69, 9.17) is 4.74 Å². The summed E-state index contributed by atoms with van der Waals surface area (Å²) in [5.41, 5.74) is 1.54. The lowest BCUT2D eigenvalue weighted by atomic mass is 10.1. The molecule has 0 amide bonds. The van der Waals surface area contributed by atoms with E-state index in [1.807, 2.05) is 24.9 Å². The average molecular weight is 275 g/mol. The molecule has 0 aliphatic rings. The third kappa shape index (κ3) is 3.44. The Morgan fingerprint density at radius 1 is 1.30 bits per heavy atom. The van der Waals surface area contributed by atoms with Gasteiger partial charge in [0.2, 0.25) is 5.88 Å². The van der Waals surface area contributed by atoms with Crippen LogP contribution in [0.15, 0.2) is 30.6 Å². The summed E-state index contributed by atoms with van der Waals surface area (Å²) >= 11 is 0. The number of hydrogen-bond donors (Lipinski definition) is 0. The van der Waals surface area contributed by atoms with Gasteiger partial charge in [-0.2, -0.15) is 4.98 Å². The molecule has 0 saturated carbocycles. The summed E-state index contributed by atoms with van der Waals surface area (Å²) in [6, 6.07) is 5.24. The molecule has 0 atom stereocenters. The van der Waals surface area contributed by atoms with Gasteiger partial charge in [-0.05, 0) is 31.0 Å². The molecular weight excluding hydrogens is 257 g/mol. The van der Waals surface area contributed by atoms with Crippen LogP contribution >= 0.6 is 0 Å². The van der Waals surface area contributed by atoms with E-state index in [0.717, 1.165) is 5.56 Å². The lowest BCUT2D eigenvalue weighted by Crippen LogP contribution is -2.18. The van der Waals surface area contributed by atoms with Crippen molar-refractivity contribution < 1.29 is 9.13 Å². The molecule has 20 heavy (non-hydrogen) atoms. The molecule has 0 unspecified atom stereocenters. The second-order valence-corrected chi connectivity index (χ2v) is 4.59. The molecule has 0 radical (unpaired) electrons. The van der Waals surface area contributed by atoms with Crippen molar-refractivity contribution in [1.82, 2.24) is 9.97 Å². The Morgan fingerprint density at radius 2 is 2.10 bits per heavy atom. The van der Waals surface area contributed by atoms with Crippen molar-refractivity contribution in [3.63, 3.8) is 0 Å². The van der Waals surface area contributed by atoms with E-state index in [0.29, 0.717) is 30.4 Å². The smallest absolute Gasteiger partial charge is 0.234 e. The molecule has 0 saturated heterocycles. The van der Waals surface area contributed by atoms with Gasteiger partial charge >= 0.3 is 0 Å². The minimum atomic E-state index is -0.190. The van der Waals surface area contributed by atoms with Crippen molar-refractivity contribution in [3.05, 3.63) is 47.5 Å². The monoisotopic (exact) mass is 275 g/mol. The highest BCUT2D eigenvalue weighted by Crippen LogP contribution is 2.16. The molecule has 0 fully saturated rings. The Balaban J connectivity index is 2.12. The van der Waals surface area contributed by atoms with Crippen molar-refractivity contribution in [2.24, 2.45) is 0 Å². The molecule has 1 aromatic heterocycles. The topological polar surface area (TPSA) is 38.2 Å². The molecule has 0 bridgehead atoms. The average Bonchev–Trinajstić information content (AvgIpc) is 2.43. The SMILES string of the molecule is CCOc1cncc(N(C)Cc2ccc(C)c(F)c2)n1. The number of nitrogens with zero attached hydrogens (tertiary/aromatic N) is 3. The maximum absolute atomic E-state index is 13.5. The van der Waals surface area contributed by atoms with Crippen molar-refractivity contribution in [3.8, 4) is 5.88 Å². The molecule has 106 valence electrons. The minimum absolute atomic E-state index is 0.190. The van der Waals surface area contributed by atoms with Crippen LogP contribution in [0.3, 0.4) is 0 Å². The second kappa shape index (κ2) is 6.32. The Labute approximate surface area is 118 Å². The van der Waals surface area contributed by atoms with Gasteiger partial charge in [-0.25, -0.2) is 4.39 Å². The molecule has 2 rings (SSSR count). The predicted molar refractivity (Wildman–Crippen MR) is 76.4 cm³/mol. The summed E-state index contributed by atoms with van der Waals surface area (Å²) in [6.07, 6.45) is 3.24. The van der Waals surface area contributed by atoms with E-state index in [1.54, 1.807) is 31.5 Å². The van der Waals surface area contributed by atoms with E-state index >= 15 is 0 Å². The molecular formula is C15H18FN3O. The van der Waals surface area contributed by atoms with E-state index in [2.05, 4.69) is 9.97 Å². The third-order valence-corrected chi connectivity index (χ3v) is 2.94. The van der Waals surface area contributed by atoms with Crippen LogP contribution < -0.4 is 9.64 Å². The highest BCUT2D eigenvalue weighted by Gasteiger charge is 2.07. The predicted octanol–water partition coefficient (Wildman–Crippen LogP) is 2.96. The van der Waals surface area contributed by atoms with Gasteiger partial charge in [-0.3, -0.25) is 4.98 Å². The summed E-state index contributed by atoms with van der Waals surface area (Å²) in [4.78, 5) is 10.3. The van der Waals surface area contributed by atoms with Crippen molar-refractivity contribution in [2.75, 3.05) is 18.6 Å². The van der Waals surface area contributed by atoms with Gasteiger partial charge in [-0.15, -0.1) is 0 Å². The third-order valence-electron chi connectivity index (χ3n) is 2.94. The summed E-state index contributed by atoms with van der Waals surface area (Å²) < 4.78 is 18.9. The van der Waals surface area contributed by atoms with Crippen molar-refractivity contribution >= 4 is 5.82 Å². The highest BCUT2D eigenvalue weighted by molar-refractivity contribution is 5.38. The lowest BCUT2D eigenvalue weighted by molar-refractivity contribution is 0.325. The highest BCUT2D eigenvalue weighted by atomic mass is 19.1. The van der Waals surface area contributed by atoms with E-state index in [-0.39, 0.29) is 5.82 Å². The van der Waals surface area contributed by atoms with Crippen LogP contribution in [-0.4, -0.2) is 23.6 Å². The quantitative estimate of drug-likeness (QED) is 0.841. The minimum Gasteiger partial charge on any atom is -0.477 e. The Morgan fingerprint density at radius 3 is 2.80 bits per heavy atom. The maximum atomic E-state index is 13.5. The van der Waals surface area contributed by atoms with Gasteiger partial charge in [0.25, 0.3) is 0 Å². The molecule has 2 aromatic rings. The molecule has 4 nitrogen and oxygen atoms in total. The first-order chi connectivity index (χ1) is 9.60. The van der Waals surface area contributed by atoms with E-state index < -0.39 is 0 Å². The number of aryl methyl sites for hydroxylation is 1. The number of ether oxygens (including phenoxy) is 1. The number of anilines is 1. The fourth-order valence-corrected chi connectivity index (χ4v) is 1.83. The standard InChI is InChI=1S/C15H18FN3O/c1-4-20-15-9-17-8-14(18-15)19(3)10-12-6-5-11(2)13(16)7-12/h5-9H,4,10H2,1-3H3. The van der Waals surface area contributed by atoms with Gasteiger partial charge in [0.1, 0.15) is 5.82 Å². The van der Waals surface area contributed by atoms with Crippen LogP contribution in [0, 0.1) is 12.7 Å². The zero-order chi connectivity index (χ0) is 14.5. The van der Waals surface area contributed by atoms with Crippen LogP contribution in [0.4, 0.5) is 10.2 Å². The number of rotatable bonds is 5. The van der Waals surface area contributed by atoms with Crippen LogP contribution in [0.2, 0.25) is 0 Å². The summed E-state index contributed by atoms with van der Waals surface area (Å²) in [7, 11) is 1.89. The van der Waals surface area contributed by atoms with E-state index in [9.17, 15) is 4.39 Å². The fraction of sp³-hybridized carbons (Fsp3) is 0.333. The van der Waals surface area contributed by atoms with Crippen molar-refractivity contribution in [1.29, 1.82) is 0 Å². The van der Waals surface area contributed by atoms with Gasteiger partial charge in [-0.1, -0.05) is 12.1 Å². The molecule has 1 aromatic carbocycles. The van der Waals surface area contributed by atoms with Gasteiger partial charge < -0.3 is 9.64 Å².